The number of nitrogens with one attached hydrogen (secondary N) is 1. The van der Waals surface area contributed by atoms with E-state index in [0.717, 1.165) is 0 Å². The van der Waals surface area contributed by atoms with Crippen LogP contribution < -0.4 is 5.32 Å². The Morgan fingerprint density at radius 1 is 1.10 bits per heavy atom. The van der Waals surface area contributed by atoms with Gasteiger partial charge in [0.2, 0.25) is 0 Å². The lowest BCUT2D eigenvalue weighted by atomic mass is 10.0. The van der Waals surface area contributed by atoms with Crippen LogP contribution in [0.15, 0.2) is 77.4 Å². The molecule has 1 atom stereocenters. The molecular formula is C24H19FN2O4. The number of carbonyl (C=O) groups is 2. The van der Waals surface area contributed by atoms with Crippen LogP contribution in [-0.4, -0.2) is 23.5 Å². The van der Waals surface area contributed by atoms with E-state index in [4.69, 9.17) is 9.15 Å². The lowest BCUT2D eigenvalue weighted by Crippen LogP contribution is -2.31. The van der Waals surface area contributed by atoms with E-state index in [1.54, 1.807) is 55.5 Å². The maximum atomic E-state index is 13.3. The number of halogens is 1. The molecule has 2 aromatic carbocycles. The molecule has 1 amide bonds. The SMILES string of the molecule is C[C@@H](NC(=O)COC(=O)c1cc(-c2ccc(F)cc2)nc2ccccc12)c1ccco1. The molecule has 0 saturated heterocycles. The standard InChI is InChI=1S/C24H19FN2O4/c1-15(22-7-4-12-30-22)26-23(28)14-31-24(29)19-13-21(16-8-10-17(25)11-9-16)27-20-6-3-2-5-18(19)20/h2-13,15H,14H2,1H3,(H,26,28)/t15-/m1/s1. The van der Waals surface area contributed by atoms with Crippen LogP contribution in [0.2, 0.25) is 0 Å². The average molecular weight is 418 g/mol. The minimum absolute atomic E-state index is 0.275. The summed E-state index contributed by atoms with van der Waals surface area (Å²) in [7, 11) is 0. The zero-order valence-corrected chi connectivity index (χ0v) is 16.7. The van der Waals surface area contributed by atoms with Crippen LogP contribution in [0.25, 0.3) is 22.2 Å². The summed E-state index contributed by atoms with van der Waals surface area (Å²) in [6, 6.07) is 17.7. The van der Waals surface area contributed by atoms with Crippen LogP contribution in [-0.2, 0) is 9.53 Å². The van der Waals surface area contributed by atoms with E-state index in [9.17, 15) is 14.0 Å². The van der Waals surface area contributed by atoms with Crippen molar-refractivity contribution >= 4 is 22.8 Å². The number of para-hydroxylation sites is 1. The summed E-state index contributed by atoms with van der Waals surface area (Å²) in [5.41, 5.74) is 2.02. The van der Waals surface area contributed by atoms with Gasteiger partial charge in [-0.15, -0.1) is 0 Å². The Hall–Kier alpha value is -4.00. The lowest BCUT2D eigenvalue weighted by Gasteiger charge is -2.13. The second kappa shape index (κ2) is 8.79. The third kappa shape index (κ3) is 4.61. The van der Waals surface area contributed by atoms with Crippen LogP contribution >= 0.6 is 0 Å². The zero-order chi connectivity index (χ0) is 21.8. The first kappa shape index (κ1) is 20.3. The molecule has 0 aliphatic rings. The van der Waals surface area contributed by atoms with Gasteiger partial charge in [0.05, 0.1) is 29.1 Å². The quantitative estimate of drug-likeness (QED) is 0.460. The van der Waals surface area contributed by atoms with E-state index in [1.165, 1.54) is 18.4 Å². The summed E-state index contributed by atoms with van der Waals surface area (Å²) >= 11 is 0. The largest absolute Gasteiger partial charge is 0.467 e. The molecule has 0 saturated carbocycles. The van der Waals surface area contributed by atoms with Gasteiger partial charge in [-0.3, -0.25) is 4.79 Å². The number of rotatable bonds is 6. The number of benzene rings is 2. The first-order valence-electron chi connectivity index (χ1n) is 9.67. The van der Waals surface area contributed by atoms with Crippen LogP contribution in [0.4, 0.5) is 4.39 Å². The summed E-state index contributed by atoms with van der Waals surface area (Å²) in [6.07, 6.45) is 1.52. The number of nitrogens with zero attached hydrogens (tertiary/aromatic N) is 1. The van der Waals surface area contributed by atoms with Crippen LogP contribution in [0.5, 0.6) is 0 Å². The van der Waals surface area contributed by atoms with E-state index in [2.05, 4.69) is 10.3 Å². The Kier molecular flexibility index (Phi) is 5.75. The Morgan fingerprint density at radius 3 is 2.61 bits per heavy atom. The molecule has 0 unspecified atom stereocenters. The normalized spacial score (nSPS) is 11.8. The van der Waals surface area contributed by atoms with E-state index in [-0.39, 0.29) is 17.4 Å². The smallest absolute Gasteiger partial charge is 0.339 e. The highest BCUT2D eigenvalue weighted by molar-refractivity contribution is 6.05. The van der Waals surface area contributed by atoms with Crippen molar-refractivity contribution in [1.29, 1.82) is 0 Å². The summed E-state index contributed by atoms with van der Waals surface area (Å²) in [5.74, 6) is -0.861. The Morgan fingerprint density at radius 2 is 1.87 bits per heavy atom. The van der Waals surface area contributed by atoms with Gasteiger partial charge in [0.25, 0.3) is 5.91 Å². The molecule has 4 rings (SSSR count). The van der Waals surface area contributed by atoms with Crippen molar-refractivity contribution in [2.45, 2.75) is 13.0 Å². The highest BCUT2D eigenvalue weighted by atomic mass is 19.1. The van der Waals surface area contributed by atoms with Gasteiger partial charge >= 0.3 is 5.97 Å². The number of pyridine rings is 1. The molecule has 0 spiro atoms. The summed E-state index contributed by atoms with van der Waals surface area (Å²) in [4.78, 5) is 29.6. The number of carbonyl (C=O) groups excluding carboxylic acids is 2. The minimum Gasteiger partial charge on any atom is -0.467 e. The van der Waals surface area contributed by atoms with Gasteiger partial charge in [0.15, 0.2) is 6.61 Å². The van der Waals surface area contributed by atoms with Gasteiger partial charge in [-0.05, 0) is 55.5 Å². The van der Waals surface area contributed by atoms with Crippen LogP contribution in [0.1, 0.15) is 29.1 Å². The number of aromatic nitrogens is 1. The molecule has 2 aromatic heterocycles. The van der Waals surface area contributed by atoms with Gasteiger partial charge in [0.1, 0.15) is 11.6 Å². The van der Waals surface area contributed by atoms with Crippen molar-refractivity contribution in [2.75, 3.05) is 6.61 Å². The highest BCUT2D eigenvalue weighted by Gasteiger charge is 2.18. The van der Waals surface area contributed by atoms with Gasteiger partial charge in [-0.25, -0.2) is 14.2 Å². The molecule has 156 valence electrons. The lowest BCUT2D eigenvalue weighted by molar-refractivity contribution is -0.125. The summed E-state index contributed by atoms with van der Waals surface area (Å²) in [5, 5.41) is 3.31. The molecular weight excluding hydrogens is 399 g/mol. The molecule has 1 N–H and O–H groups in total. The number of hydrogen-bond donors (Lipinski definition) is 1. The predicted molar refractivity (Wildman–Crippen MR) is 113 cm³/mol. The molecule has 2 heterocycles. The van der Waals surface area contributed by atoms with E-state index in [1.807, 2.05) is 6.07 Å². The van der Waals surface area contributed by atoms with Gasteiger partial charge in [-0.2, -0.15) is 0 Å². The molecule has 0 fully saturated rings. The molecule has 0 radical (unpaired) electrons. The second-order valence-electron chi connectivity index (χ2n) is 6.96. The predicted octanol–water partition coefficient (Wildman–Crippen LogP) is 4.67. The number of esters is 1. The third-order valence-electron chi connectivity index (χ3n) is 4.76. The van der Waals surface area contributed by atoms with E-state index >= 15 is 0 Å². The number of furan rings is 1. The number of amides is 1. The Balaban J connectivity index is 1.54. The van der Waals surface area contributed by atoms with E-state index in [0.29, 0.717) is 27.9 Å². The van der Waals surface area contributed by atoms with Crippen molar-refractivity contribution < 1.29 is 23.1 Å². The van der Waals surface area contributed by atoms with Crippen molar-refractivity contribution in [3.05, 3.63) is 90.1 Å². The van der Waals surface area contributed by atoms with Crippen molar-refractivity contribution in [3.63, 3.8) is 0 Å². The van der Waals surface area contributed by atoms with Crippen LogP contribution in [0, 0.1) is 5.82 Å². The minimum atomic E-state index is -0.650. The number of hydrogen-bond acceptors (Lipinski definition) is 5. The molecule has 4 aromatic rings. The Labute approximate surface area is 177 Å². The highest BCUT2D eigenvalue weighted by Crippen LogP contribution is 2.25. The number of fused-ring (bicyclic) bond motifs is 1. The van der Waals surface area contributed by atoms with E-state index < -0.39 is 18.5 Å². The first-order valence-corrected chi connectivity index (χ1v) is 9.67. The average Bonchev–Trinajstić information content (AvgIpc) is 3.32. The second-order valence-corrected chi connectivity index (χ2v) is 6.96. The first-order chi connectivity index (χ1) is 15.0. The van der Waals surface area contributed by atoms with Gasteiger partial charge in [0, 0.05) is 10.9 Å². The number of ether oxygens (including phenoxy) is 1. The summed E-state index contributed by atoms with van der Waals surface area (Å²) < 4.78 is 23.8. The monoisotopic (exact) mass is 418 g/mol. The maximum Gasteiger partial charge on any atom is 0.339 e. The fraction of sp³-hybridized carbons (Fsp3) is 0.125. The summed E-state index contributed by atoms with van der Waals surface area (Å²) in [6.45, 7) is 1.33. The zero-order valence-electron chi connectivity index (χ0n) is 16.7. The topological polar surface area (TPSA) is 81.4 Å². The molecule has 7 heteroatoms. The van der Waals surface area contributed by atoms with Crippen LogP contribution in [0.3, 0.4) is 0 Å². The van der Waals surface area contributed by atoms with Crippen molar-refractivity contribution in [1.82, 2.24) is 10.3 Å². The fourth-order valence-corrected chi connectivity index (χ4v) is 3.21. The molecule has 0 bridgehead atoms. The van der Waals surface area contributed by atoms with Gasteiger partial charge < -0.3 is 14.5 Å². The molecule has 0 aliphatic heterocycles. The molecule has 0 aliphatic carbocycles. The van der Waals surface area contributed by atoms with Crippen molar-refractivity contribution in [2.24, 2.45) is 0 Å². The molecule has 31 heavy (non-hydrogen) atoms. The third-order valence-corrected chi connectivity index (χ3v) is 4.76. The van der Waals surface area contributed by atoms with Crippen molar-refractivity contribution in [3.8, 4) is 11.3 Å². The fourth-order valence-electron chi connectivity index (χ4n) is 3.21. The molecule has 6 nitrogen and oxygen atoms in total. The maximum absolute atomic E-state index is 13.3. The van der Waals surface area contributed by atoms with Gasteiger partial charge in [-0.1, -0.05) is 18.2 Å². The Bertz CT molecular complexity index is 1220.